The molecule has 2 saturated heterocycles. The van der Waals surface area contributed by atoms with Crippen molar-refractivity contribution in [2.75, 3.05) is 39.3 Å². The summed E-state index contributed by atoms with van der Waals surface area (Å²) in [5.74, 6) is 0.242. The minimum Gasteiger partial charge on any atom is -0.508 e. The average Bonchev–Trinajstić information content (AvgIpc) is 3.30. The first-order chi connectivity index (χ1) is 18.6. The number of nitrogens with one attached hydrogen (secondary N) is 1. The fraction of sp³-hybridized carbons (Fsp3) is 0.531. The van der Waals surface area contributed by atoms with Gasteiger partial charge < -0.3 is 5.11 Å². The summed E-state index contributed by atoms with van der Waals surface area (Å²) in [6.07, 6.45) is 11.5. The highest BCUT2D eigenvalue weighted by atomic mass is 16.3. The molecule has 1 amide bonds. The zero-order valence-electron chi connectivity index (χ0n) is 23.2. The van der Waals surface area contributed by atoms with Gasteiger partial charge in [-0.25, -0.2) is 5.01 Å². The molecule has 2 fully saturated rings. The number of nitrogens with zero attached hydrogens (tertiary/aromatic N) is 3. The van der Waals surface area contributed by atoms with Crippen molar-refractivity contribution in [1.82, 2.24) is 20.2 Å². The predicted molar refractivity (Wildman–Crippen MR) is 155 cm³/mol. The average molecular weight is 519 g/mol. The molecule has 2 aliphatic heterocycles. The number of rotatable bonds is 10. The summed E-state index contributed by atoms with van der Waals surface area (Å²) in [6.45, 7) is 11.9. The lowest BCUT2D eigenvalue weighted by Gasteiger charge is -2.32. The van der Waals surface area contributed by atoms with Crippen LogP contribution in [0.4, 0.5) is 0 Å². The van der Waals surface area contributed by atoms with Crippen LogP contribution < -0.4 is 5.43 Å². The normalized spacial score (nSPS) is 20.8. The van der Waals surface area contributed by atoms with Gasteiger partial charge in [-0.15, -0.1) is 6.58 Å². The Hall–Kier alpha value is -2.67. The second kappa shape index (κ2) is 14.5. The molecule has 2 atom stereocenters. The molecule has 2 heterocycles. The van der Waals surface area contributed by atoms with Crippen LogP contribution in [0.2, 0.25) is 0 Å². The lowest BCUT2D eigenvalue weighted by atomic mass is 9.95. The number of carbonyl (C=O) groups is 1. The molecule has 2 aromatic rings. The quantitative estimate of drug-likeness (QED) is 0.392. The number of hydrogen-bond acceptors (Lipinski definition) is 5. The molecule has 4 rings (SSSR count). The van der Waals surface area contributed by atoms with Gasteiger partial charge in [0.15, 0.2) is 0 Å². The third kappa shape index (κ3) is 7.68. The summed E-state index contributed by atoms with van der Waals surface area (Å²) < 4.78 is 0. The van der Waals surface area contributed by atoms with E-state index in [4.69, 9.17) is 0 Å². The number of carbonyl (C=O) groups excluding carboxylic acids is 1. The van der Waals surface area contributed by atoms with Crippen LogP contribution in [-0.4, -0.2) is 71.1 Å². The number of hydrogen-bond donors (Lipinski definition) is 2. The number of unbranched alkanes of at least 4 members (excludes halogenated alkanes) is 1. The molecule has 0 bridgehead atoms. The van der Waals surface area contributed by atoms with Crippen molar-refractivity contribution in [3.8, 4) is 5.75 Å². The van der Waals surface area contributed by atoms with E-state index in [0.717, 1.165) is 69.7 Å². The van der Waals surface area contributed by atoms with E-state index in [1.807, 2.05) is 30.3 Å². The monoisotopic (exact) mass is 518 g/mol. The van der Waals surface area contributed by atoms with Crippen LogP contribution in [-0.2, 0) is 0 Å². The molecule has 0 aromatic heterocycles. The van der Waals surface area contributed by atoms with E-state index in [0.29, 0.717) is 11.6 Å². The molecule has 2 N–H and O–H groups in total. The lowest BCUT2D eigenvalue weighted by molar-refractivity contribution is 0.0794. The Balaban J connectivity index is 1.54. The molecule has 6 nitrogen and oxygen atoms in total. The van der Waals surface area contributed by atoms with Gasteiger partial charge in [0.2, 0.25) is 0 Å². The summed E-state index contributed by atoms with van der Waals surface area (Å²) in [7, 11) is 0. The Morgan fingerprint density at radius 2 is 1.79 bits per heavy atom. The number of phenols is 1. The molecule has 6 heteroatoms. The summed E-state index contributed by atoms with van der Waals surface area (Å²) in [6, 6.07) is 16.3. The van der Waals surface area contributed by atoms with Crippen molar-refractivity contribution < 1.29 is 9.90 Å². The zero-order chi connectivity index (χ0) is 26.7. The Morgan fingerprint density at radius 3 is 2.47 bits per heavy atom. The van der Waals surface area contributed by atoms with Crippen LogP contribution >= 0.6 is 0 Å². The zero-order valence-corrected chi connectivity index (χ0v) is 23.2. The Kier molecular flexibility index (Phi) is 10.8. The maximum absolute atomic E-state index is 13.0. The standard InChI is InChI=1S/C32H46N4O2/c1-3-5-12-29-18-22-35(24-23-34(29)19-4-2)31(28-11-10-13-30(37)25-28)26-14-16-27(17-15-26)32(38)33-36-20-8-6-7-9-21-36/h4,10-11,13-17,25,29,31,37H,2-3,5-9,12,18-24H2,1H3,(H,33,38). The number of benzene rings is 2. The second-order valence-corrected chi connectivity index (χ2v) is 10.9. The van der Waals surface area contributed by atoms with Crippen LogP contribution in [0.1, 0.15) is 85.8 Å². The summed E-state index contributed by atoms with van der Waals surface area (Å²) in [4.78, 5) is 18.1. The lowest BCUT2D eigenvalue weighted by Crippen LogP contribution is -2.42. The van der Waals surface area contributed by atoms with E-state index in [1.165, 1.54) is 32.1 Å². The maximum Gasteiger partial charge on any atom is 0.265 e. The second-order valence-electron chi connectivity index (χ2n) is 10.9. The van der Waals surface area contributed by atoms with Gasteiger partial charge in [0.25, 0.3) is 5.91 Å². The van der Waals surface area contributed by atoms with Crippen molar-refractivity contribution in [2.45, 2.75) is 70.4 Å². The molecule has 0 saturated carbocycles. The smallest absolute Gasteiger partial charge is 0.265 e. The highest BCUT2D eigenvalue weighted by Gasteiger charge is 2.29. The van der Waals surface area contributed by atoms with Crippen molar-refractivity contribution in [3.63, 3.8) is 0 Å². The van der Waals surface area contributed by atoms with Crippen LogP contribution in [0.15, 0.2) is 61.2 Å². The highest BCUT2D eigenvalue weighted by molar-refractivity contribution is 5.93. The topological polar surface area (TPSA) is 59.0 Å². The summed E-state index contributed by atoms with van der Waals surface area (Å²) >= 11 is 0. The molecule has 2 aliphatic rings. The molecule has 38 heavy (non-hydrogen) atoms. The minimum atomic E-state index is -0.0408. The van der Waals surface area contributed by atoms with Gasteiger partial charge in [-0.05, 0) is 61.1 Å². The number of amides is 1. The first kappa shape index (κ1) is 28.3. The molecule has 2 aromatic carbocycles. The SMILES string of the molecule is C=CCN1CCN(C(c2ccc(C(=O)NN3CCCCCC3)cc2)c2cccc(O)c2)CCC1CCCC. The summed E-state index contributed by atoms with van der Waals surface area (Å²) in [5, 5.41) is 12.4. The van der Waals surface area contributed by atoms with E-state index < -0.39 is 0 Å². The third-order valence-corrected chi connectivity index (χ3v) is 8.10. The van der Waals surface area contributed by atoms with Crippen LogP contribution in [0.5, 0.6) is 5.75 Å². The molecular formula is C32H46N4O2. The van der Waals surface area contributed by atoms with E-state index in [2.05, 4.69) is 51.9 Å². The molecule has 0 radical (unpaired) electrons. The molecule has 206 valence electrons. The van der Waals surface area contributed by atoms with Gasteiger partial charge in [-0.2, -0.15) is 0 Å². The number of aromatic hydroxyl groups is 1. The van der Waals surface area contributed by atoms with E-state index in [9.17, 15) is 9.90 Å². The van der Waals surface area contributed by atoms with Gasteiger partial charge in [-0.1, -0.05) is 62.9 Å². The fourth-order valence-corrected chi connectivity index (χ4v) is 6.00. The van der Waals surface area contributed by atoms with Crippen molar-refractivity contribution >= 4 is 5.91 Å². The Labute approximate surface area is 229 Å². The van der Waals surface area contributed by atoms with Crippen molar-refractivity contribution in [3.05, 3.63) is 77.9 Å². The van der Waals surface area contributed by atoms with Gasteiger partial charge in [0.1, 0.15) is 5.75 Å². The summed E-state index contributed by atoms with van der Waals surface area (Å²) in [5.41, 5.74) is 6.01. The van der Waals surface area contributed by atoms with Gasteiger partial charge in [0.05, 0.1) is 6.04 Å². The molecule has 0 aliphatic carbocycles. The van der Waals surface area contributed by atoms with E-state index >= 15 is 0 Å². The van der Waals surface area contributed by atoms with Crippen LogP contribution in [0.3, 0.4) is 0 Å². The number of phenolic OH excluding ortho intramolecular Hbond substituents is 1. The minimum absolute atomic E-state index is 0.0142. The van der Waals surface area contributed by atoms with Gasteiger partial charge in [0, 0.05) is 50.9 Å². The van der Waals surface area contributed by atoms with E-state index in [-0.39, 0.29) is 17.7 Å². The van der Waals surface area contributed by atoms with Crippen molar-refractivity contribution in [2.24, 2.45) is 0 Å². The third-order valence-electron chi connectivity index (χ3n) is 8.10. The largest absolute Gasteiger partial charge is 0.508 e. The fourth-order valence-electron chi connectivity index (χ4n) is 6.00. The van der Waals surface area contributed by atoms with Crippen molar-refractivity contribution in [1.29, 1.82) is 0 Å². The van der Waals surface area contributed by atoms with Crippen LogP contribution in [0.25, 0.3) is 0 Å². The maximum atomic E-state index is 13.0. The van der Waals surface area contributed by atoms with Crippen LogP contribution in [0, 0.1) is 0 Å². The number of hydrazine groups is 1. The first-order valence-corrected chi connectivity index (χ1v) is 14.6. The van der Waals surface area contributed by atoms with Gasteiger partial charge in [-0.3, -0.25) is 20.0 Å². The molecule has 0 spiro atoms. The predicted octanol–water partition coefficient (Wildman–Crippen LogP) is 5.75. The Bertz CT molecular complexity index is 1020. The van der Waals surface area contributed by atoms with E-state index in [1.54, 1.807) is 6.07 Å². The highest BCUT2D eigenvalue weighted by Crippen LogP contribution is 2.33. The Morgan fingerprint density at radius 1 is 1.03 bits per heavy atom. The van der Waals surface area contributed by atoms with Gasteiger partial charge >= 0.3 is 0 Å². The molecular weight excluding hydrogens is 472 g/mol. The first-order valence-electron chi connectivity index (χ1n) is 14.6. The molecule has 2 unspecified atom stereocenters.